The Bertz CT molecular complexity index is 989. The molecule has 3 rings (SSSR count). The van der Waals surface area contributed by atoms with Crippen LogP contribution in [-0.4, -0.2) is 46.7 Å². The van der Waals surface area contributed by atoms with Crippen LogP contribution in [0.5, 0.6) is 5.75 Å². The number of aromatic nitrogens is 3. The number of thioether (sulfide) groups is 1. The van der Waals surface area contributed by atoms with Crippen molar-refractivity contribution in [2.45, 2.75) is 17.7 Å². The molecule has 0 aliphatic heterocycles. The number of hydrogen-bond donors (Lipinski definition) is 3. The van der Waals surface area contributed by atoms with Crippen molar-refractivity contribution in [2.75, 3.05) is 30.0 Å². The number of hydrogen-bond acceptors (Lipinski definition) is 9. The molecule has 0 spiro atoms. The fourth-order valence-electron chi connectivity index (χ4n) is 2.30. The van der Waals surface area contributed by atoms with Crippen LogP contribution in [0, 0.1) is 6.92 Å². The third-order valence-corrected chi connectivity index (χ3v) is 5.68. The fourth-order valence-corrected chi connectivity index (χ4v) is 3.85. The van der Waals surface area contributed by atoms with Crippen LogP contribution in [0.1, 0.15) is 11.3 Å². The molecule has 10 nitrogen and oxygen atoms in total. The van der Waals surface area contributed by atoms with Gasteiger partial charge in [-0.05, 0) is 31.0 Å². The Balaban J connectivity index is 1.36. The van der Waals surface area contributed by atoms with Crippen LogP contribution in [0.4, 0.5) is 15.7 Å². The van der Waals surface area contributed by atoms with Gasteiger partial charge in [-0.3, -0.25) is 10.1 Å². The first-order valence-corrected chi connectivity index (χ1v) is 10.7. The zero-order chi connectivity index (χ0) is 21.3. The summed E-state index contributed by atoms with van der Waals surface area (Å²) in [6, 6.07) is 8.92. The predicted octanol–water partition coefficient (Wildman–Crippen LogP) is 2.94. The molecule has 3 amide bonds. The van der Waals surface area contributed by atoms with Gasteiger partial charge < -0.3 is 19.9 Å². The largest absolute Gasteiger partial charge is 0.497 e. The average Bonchev–Trinajstić information content (AvgIpc) is 3.35. The molecule has 0 bridgehead atoms. The van der Waals surface area contributed by atoms with E-state index in [4.69, 9.17) is 9.26 Å². The van der Waals surface area contributed by atoms with Crippen molar-refractivity contribution in [3.05, 3.63) is 41.7 Å². The quantitative estimate of drug-likeness (QED) is 0.336. The molecule has 0 saturated heterocycles. The summed E-state index contributed by atoms with van der Waals surface area (Å²) in [6.07, 6.45) is 0.689. The highest BCUT2D eigenvalue weighted by Gasteiger charge is 2.11. The van der Waals surface area contributed by atoms with Crippen molar-refractivity contribution in [2.24, 2.45) is 0 Å². The summed E-state index contributed by atoms with van der Waals surface area (Å²) >= 11 is 2.40. The lowest BCUT2D eigenvalue weighted by Crippen LogP contribution is -2.30. The molecule has 0 aliphatic rings. The van der Waals surface area contributed by atoms with Crippen molar-refractivity contribution in [3.8, 4) is 5.75 Å². The SMILES string of the molecule is COc1ccc(CCNC(=O)Nc2nnc(SCC(=O)Nc3cc(C)on3)s2)cc1. The maximum Gasteiger partial charge on any atom is 0.321 e. The molecule has 1 aromatic carbocycles. The highest BCUT2D eigenvalue weighted by atomic mass is 32.2. The van der Waals surface area contributed by atoms with Gasteiger partial charge in [-0.2, -0.15) is 0 Å². The number of methoxy groups -OCH3 is 1. The molecule has 0 unspecified atom stereocenters. The fraction of sp³-hybridized carbons (Fsp3) is 0.278. The molecule has 0 fully saturated rings. The highest BCUT2D eigenvalue weighted by Crippen LogP contribution is 2.25. The van der Waals surface area contributed by atoms with Crippen LogP contribution in [0.3, 0.4) is 0 Å². The minimum Gasteiger partial charge on any atom is -0.497 e. The van der Waals surface area contributed by atoms with E-state index in [9.17, 15) is 9.59 Å². The lowest BCUT2D eigenvalue weighted by molar-refractivity contribution is -0.113. The van der Waals surface area contributed by atoms with Gasteiger partial charge in [-0.25, -0.2) is 4.79 Å². The third kappa shape index (κ3) is 6.74. The van der Waals surface area contributed by atoms with Crippen molar-refractivity contribution in [3.63, 3.8) is 0 Å². The van der Waals surface area contributed by atoms with E-state index < -0.39 is 0 Å². The van der Waals surface area contributed by atoms with E-state index in [1.807, 2.05) is 24.3 Å². The molecule has 158 valence electrons. The molecule has 12 heteroatoms. The van der Waals surface area contributed by atoms with Gasteiger partial charge >= 0.3 is 6.03 Å². The first-order chi connectivity index (χ1) is 14.5. The van der Waals surface area contributed by atoms with Crippen LogP contribution < -0.4 is 20.7 Å². The lowest BCUT2D eigenvalue weighted by Gasteiger charge is -2.06. The number of carbonyl (C=O) groups is 2. The Morgan fingerprint density at radius 3 is 2.70 bits per heavy atom. The third-order valence-electron chi connectivity index (χ3n) is 3.71. The molecule has 3 aromatic rings. The van der Waals surface area contributed by atoms with Gasteiger partial charge in [0.2, 0.25) is 11.0 Å². The first kappa shape index (κ1) is 21.6. The van der Waals surface area contributed by atoms with Gasteiger partial charge in [0.1, 0.15) is 11.5 Å². The Labute approximate surface area is 180 Å². The van der Waals surface area contributed by atoms with Gasteiger partial charge in [-0.15, -0.1) is 10.2 Å². The summed E-state index contributed by atoms with van der Waals surface area (Å²) in [6.45, 7) is 2.21. The van der Waals surface area contributed by atoms with Crippen molar-refractivity contribution in [1.29, 1.82) is 0 Å². The summed E-state index contributed by atoms with van der Waals surface area (Å²) in [7, 11) is 1.62. The average molecular weight is 449 g/mol. The molecule has 30 heavy (non-hydrogen) atoms. The number of carbonyl (C=O) groups excluding carboxylic acids is 2. The summed E-state index contributed by atoms with van der Waals surface area (Å²) in [5.74, 6) is 1.66. The zero-order valence-corrected chi connectivity index (χ0v) is 17.9. The molecule has 0 radical (unpaired) electrons. The normalized spacial score (nSPS) is 10.5. The van der Waals surface area contributed by atoms with Crippen LogP contribution in [0.15, 0.2) is 39.2 Å². The summed E-state index contributed by atoms with van der Waals surface area (Å²) in [5.41, 5.74) is 1.09. The van der Waals surface area contributed by atoms with Crippen molar-refractivity contribution in [1.82, 2.24) is 20.7 Å². The van der Waals surface area contributed by atoms with Crippen LogP contribution in [-0.2, 0) is 11.2 Å². The van der Waals surface area contributed by atoms with Crippen molar-refractivity contribution < 1.29 is 18.8 Å². The van der Waals surface area contributed by atoms with Gasteiger partial charge in [0.25, 0.3) is 0 Å². The second-order valence-corrected chi connectivity index (χ2v) is 8.21. The van der Waals surface area contributed by atoms with E-state index in [0.29, 0.717) is 34.0 Å². The van der Waals surface area contributed by atoms with Crippen LogP contribution >= 0.6 is 23.1 Å². The van der Waals surface area contributed by atoms with E-state index in [-0.39, 0.29) is 17.7 Å². The van der Waals surface area contributed by atoms with Gasteiger partial charge in [0.05, 0.1) is 12.9 Å². The highest BCUT2D eigenvalue weighted by molar-refractivity contribution is 8.01. The second kappa shape index (κ2) is 10.6. The zero-order valence-electron chi connectivity index (χ0n) is 16.3. The van der Waals surface area contributed by atoms with Gasteiger partial charge in [0, 0.05) is 12.6 Å². The summed E-state index contributed by atoms with van der Waals surface area (Å²) < 4.78 is 10.6. The van der Waals surface area contributed by atoms with E-state index in [0.717, 1.165) is 11.3 Å². The molecule has 2 heterocycles. The summed E-state index contributed by atoms with van der Waals surface area (Å²) in [5, 5.41) is 19.9. The maximum absolute atomic E-state index is 12.0. The van der Waals surface area contributed by atoms with Gasteiger partial charge in [0.15, 0.2) is 10.2 Å². The summed E-state index contributed by atoms with van der Waals surface area (Å²) in [4.78, 5) is 23.9. The lowest BCUT2D eigenvalue weighted by atomic mass is 10.1. The number of ether oxygens (including phenoxy) is 1. The smallest absolute Gasteiger partial charge is 0.321 e. The molecular formula is C18H20N6O4S2. The van der Waals surface area contributed by atoms with Crippen molar-refractivity contribution >= 4 is 46.0 Å². The molecule has 3 N–H and O–H groups in total. The molecule has 0 atom stereocenters. The number of benzene rings is 1. The Morgan fingerprint density at radius 2 is 2.00 bits per heavy atom. The number of nitrogens with one attached hydrogen (secondary N) is 3. The minimum absolute atomic E-state index is 0.134. The Kier molecular flexibility index (Phi) is 7.63. The van der Waals surface area contributed by atoms with E-state index in [1.54, 1.807) is 20.1 Å². The van der Waals surface area contributed by atoms with Crippen LogP contribution in [0.2, 0.25) is 0 Å². The Hall–Kier alpha value is -3.12. The molecule has 0 aliphatic carbocycles. The number of anilines is 2. The number of urea groups is 1. The molecular weight excluding hydrogens is 428 g/mol. The maximum atomic E-state index is 12.0. The topological polar surface area (TPSA) is 131 Å². The predicted molar refractivity (Wildman–Crippen MR) is 114 cm³/mol. The van der Waals surface area contributed by atoms with E-state index >= 15 is 0 Å². The minimum atomic E-state index is -0.365. The van der Waals surface area contributed by atoms with E-state index in [1.165, 1.54) is 23.1 Å². The van der Waals surface area contributed by atoms with Crippen LogP contribution in [0.25, 0.3) is 0 Å². The molecule has 2 aromatic heterocycles. The number of aryl methyl sites for hydroxylation is 1. The number of rotatable bonds is 9. The molecule has 0 saturated carbocycles. The van der Waals surface area contributed by atoms with E-state index in [2.05, 4.69) is 31.3 Å². The number of amides is 3. The van der Waals surface area contributed by atoms with Gasteiger partial charge in [-0.1, -0.05) is 40.4 Å². The first-order valence-electron chi connectivity index (χ1n) is 8.89. The second-order valence-electron chi connectivity index (χ2n) is 6.01. The monoisotopic (exact) mass is 448 g/mol. The Morgan fingerprint density at radius 1 is 1.20 bits per heavy atom. The standard InChI is InChI=1S/C18H20N6O4S2/c1-11-9-14(24-28-11)20-15(25)10-29-18-23-22-17(30-18)21-16(26)19-8-7-12-3-5-13(27-2)6-4-12/h3-6,9H,7-8,10H2,1-2H3,(H,20,24,25)(H2,19,21,22,26). The number of nitrogens with zero attached hydrogens (tertiary/aromatic N) is 3.